The molecule has 6 heteroatoms. The van der Waals surface area contributed by atoms with E-state index in [4.69, 9.17) is 4.74 Å². The second-order valence-corrected chi connectivity index (χ2v) is 4.60. The van der Waals surface area contributed by atoms with Crippen LogP contribution >= 0.6 is 0 Å². The molecule has 0 saturated carbocycles. The van der Waals surface area contributed by atoms with Crippen LogP contribution in [0.5, 0.6) is 5.75 Å². The number of aromatic amines is 1. The van der Waals surface area contributed by atoms with E-state index >= 15 is 0 Å². The molecule has 0 fully saturated rings. The summed E-state index contributed by atoms with van der Waals surface area (Å²) in [6.45, 7) is 2.46. The molecule has 0 radical (unpaired) electrons. The first-order valence-electron chi connectivity index (χ1n) is 6.61. The largest absolute Gasteiger partial charge is 0.477 e. The highest BCUT2D eigenvalue weighted by Crippen LogP contribution is 2.28. The van der Waals surface area contributed by atoms with Crippen molar-refractivity contribution in [2.24, 2.45) is 0 Å². The van der Waals surface area contributed by atoms with E-state index < -0.39 is 6.10 Å². The Morgan fingerprint density at radius 3 is 3.15 bits per heavy atom. The maximum atomic E-state index is 12.1. The van der Waals surface area contributed by atoms with Gasteiger partial charge in [-0.1, -0.05) is 19.1 Å². The van der Waals surface area contributed by atoms with Crippen molar-refractivity contribution >= 4 is 17.4 Å². The molecule has 2 heterocycles. The number of hydrogen-bond donors (Lipinski definition) is 3. The molecule has 1 aromatic carbocycles. The average Bonchev–Trinajstić information content (AvgIpc) is 2.94. The van der Waals surface area contributed by atoms with Crippen molar-refractivity contribution < 1.29 is 9.53 Å². The second kappa shape index (κ2) is 5.24. The lowest BCUT2D eigenvalue weighted by Crippen LogP contribution is -2.41. The van der Waals surface area contributed by atoms with Gasteiger partial charge in [-0.15, -0.1) is 0 Å². The van der Waals surface area contributed by atoms with Crippen molar-refractivity contribution in [1.29, 1.82) is 0 Å². The molecular weight excluding hydrogens is 256 g/mol. The van der Waals surface area contributed by atoms with Gasteiger partial charge in [-0.25, -0.2) is 0 Å². The Balaban J connectivity index is 1.67. The Kier molecular flexibility index (Phi) is 3.28. The standard InChI is InChI=1S/C14H16N4O2/c1-2-9-7-13(18-17-9)16-14(19)12-8-15-10-5-3-4-6-11(10)20-12/h3-7,12,15H,2,8H2,1H3,(H2,16,17,18,19). The molecule has 1 amide bonds. The van der Waals surface area contributed by atoms with E-state index in [0.717, 1.165) is 17.8 Å². The number of nitrogens with zero attached hydrogens (tertiary/aromatic N) is 1. The average molecular weight is 272 g/mol. The van der Waals surface area contributed by atoms with Crippen LogP contribution in [0.2, 0.25) is 0 Å². The third-order valence-corrected chi connectivity index (χ3v) is 3.19. The van der Waals surface area contributed by atoms with Gasteiger partial charge in [0.05, 0.1) is 12.2 Å². The Morgan fingerprint density at radius 1 is 1.50 bits per heavy atom. The quantitative estimate of drug-likeness (QED) is 0.796. The number of aryl methyl sites for hydroxylation is 1. The number of rotatable bonds is 3. The summed E-state index contributed by atoms with van der Waals surface area (Å²) >= 11 is 0. The third kappa shape index (κ3) is 2.45. The van der Waals surface area contributed by atoms with Crippen molar-refractivity contribution in [1.82, 2.24) is 10.2 Å². The lowest BCUT2D eigenvalue weighted by Gasteiger charge is -2.26. The molecule has 1 atom stereocenters. The Labute approximate surface area is 116 Å². The van der Waals surface area contributed by atoms with Gasteiger partial charge in [0.15, 0.2) is 11.9 Å². The summed E-state index contributed by atoms with van der Waals surface area (Å²) in [4.78, 5) is 12.1. The van der Waals surface area contributed by atoms with Crippen LogP contribution in [0.25, 0.3) is 0 Å². The lowest BCUT2D eigenvalue weighted by molar-refractivity contribution is -0.122. The summed E-state index contributed by atoms with van der Waals surface area (Å²) in [6, 6.07) is 9.38. The molecule has 104 valence electrons. The number of anilines is 2. The Bertz CT molecular complexity index is 623. The van der Waals surface area contributed by atoms with Crippen LogP contribution in [-0.2, 0) is 11.2 Å². The minimum absolute atomic E-state index is 0.207. The van der Waals surface area contributed by atoms with Crippen molar-refractivity contribution in [3.8, 4) is 5.75 Å². The smallest absolute Gasteiger partial charge is 0.268 e. The third-order valence-electron chi connectivity index (χ3n) is 3.19. The number of aromatic nitrogens is 2. The fraction of sp³-hybridized carbons (Fsp3) is 0.286. The van der Waals surface area contributed by atoms with Crippen LogP contribution in [0.1, 0.15) is 12.6 Å². The topological polar surface area (TPSA) is 79.0 Å². The molecular formula is C14H16N4O2. The van der Waals surface area contributed by atoms with Crippen LogP contribution in [0.3, 0.4) is 0 Å². The fourth-order valence-corrected chi connectivity index (χ4v) is 2.07. The van der Waals surface area contributed by atoms with E-state index in [1.165, 1.54) is 0 Å². The molecule has 0 spiro atoms. The van der Waals surface area contributed by atoms with Crippen molar-refractivity contribution in [2.75, 3.05) is 17.2 Å². The summed E-state index contributed by atoms with van der Waals surface area (Å²) < 4.78 is 5.69. The highest BCUT2D eigenvalue weighted by Gasteiger charge is 2.26. The van der Waals surface area contributed by atoms with E-state index in [2.05, 4.69) is 20.8 Å². The van der Waals surface area contributed by atoms with E-state index in [1.807, 2.05) is 37.3 Å². The summed E-state index contributed by atoms with van der Waals surface area (Å²) in [6.07, 6.45) is 0.282. The first-order valence-corrected chi connectivity index (χ1v) is 6.61. The van der Waals surface area contributed by atoms with Crippen molar-refractivity contribution in [3.05, 3.63) is 36.0 Å². The van der Waals surface area contributed by atoms with E-state index in [-0.39, 0.29) is 5.91 Å². The zero-order chi connectivity index (χ0) is 13.9. The molecule has 3 rings (SSSR count). The van der Waals surface area contributed by atoms with Gasteiger partial charge in [0.25, 0.3) is 5.91 Å². The predicted octanol–water partition coefficient (Wildman–Crippen LogP) is 1.78. The maximum absolute atomic E-state index is 12.1. The fourth-order valence-electron chi connectivity index (χ4n) is 2.07. The number of ether oxygens (including phenoxy) is 1. The van der Waals surface area contributed by atoms with Gasteiger partial charge in [0.2, 0.25) is 0 Å². The molecule has 0 bridgehead atoms. The number of carbonyl (C=O) groups is 1. The molecule has 20 heavy (non-hydrogen) atoms. The molecule has 6 nitrogen and oxygen atoms in total. The number of fused-ring (bicyclic) bond motifs is 1. The molecule has 3 N–H and O–H groups in total. The number of amides is 1. The van der Waals surface area contributed by atoms with Gasteiger partial charge in [-0.3, -0.25) is 9.89 Å². The molecule has 0 aliphatic carbocycles. The van der Waals surface area contributed by atoms with Gasteiger partial charge in [-0.05, 0) is 18.6 Å². The number of nitrogens with one attached hydrogen (secondary N) is 3. The number of carbonyl (C=O) groups excluding carboxylic acids is 1. The van der Waals surface area contributed by atoms with Crippen LogP contribution in [0, 0.1) is 0 Å². The Hall–Kier alpha value is -2.50. The van der Waals surface area contributed by atoms with Crippen LogP contribution in [0.4, 0.5) is 11.5 Å². The van der Waals surface area contributed by atoms with Gasteiger partial charge < -0.3 is 15.4 Å². The summed E-state index contributed by atoms with van der Waals surface area (Å²) in [5, 5.41) is 12.8. The second-order valence-electron chi connectivity index (χ2n) is 4.60. The molecule has 1 aromatic heterocycles. The first kappa shape index (κ1) is 12.5. The van der Waals surface area contributed by atoms with E-state index in [0.29, 0.717) is 18.1 Å². The van der Waals surface area contributed by atoms with E-state index in [1.54, 1.807) is 0 Å². The van der Waals surface area contributed by atoms with Crippen molar-refractivity contribution in [2.45, 2.75) is 19.4 Å². The number of H-pyrrole nitrogens is 1. The Morgan fingerprint density at radius 2 is 2.35 bits per heavy atom. The van der Waals surface area contributed by atoms with Crippen LogP contribution in [-0.4, -0.2) is 28.8 Å². The normalized spacial score (nSPS) is 16.8. The van der Waals surface area contributed by atoms with Gasteiger partial charge in [0, 0.05) is 11.8 Å². The number of para-hydroxylation sites is 2. The van der Waals surface area contributed by atoms with Crippen LogP contribution in [0.15, 0.2) is 30.3 Å². The van der Waals surface area contributed by atoms with Crippen LogP contribution < -0.4 is 15.4 Å². The highest BCUT2D eigenvalue weighted by atomic mass is 16.5. The monoisotopic (exact) mass is 272 g/mol. The molecule has 1 aliphatic rings. The predicted molar refractivity (Wildman–Crippen MR) is 75.9 cm³/mol. The molecule has 1 aliphatic heterocycles. The molecule has 2 aromatic rings. The summed E-state index contributed by atoms with van der Waals surface area (Å²) in [7, 11) is 0. The maximum Gasteiger partial charge on any atom is 0.268 e. The van der Waals surface area contributed by atoms with Crippen molar-refractivity contribution in [3.63, 3.8) is 0 Å². The first-order chi connectivity index (χ1) is 9.76. The summed E-state index contributed by atoms with van der Waals surface area (Å²) in [5.74, 6) is 1.01. The summed E-state index contributed by atoms with van der Waals surface area (Å²) in [5.41, 5.74) is 1.89. The van der Waals surface area contributed by atoms with E-state index in [9.17, 15) is 4.79 Å². The zero-order valence-electron chi connectivity index (χ0n) is 11.1. The van der Waals surface area contributed by atoms with Gasteiger partial charge in [0.1, 0.15) is 5.75 Å². The number of hydrogen-bond acceptors (Lipinski definition) is 4. The van der Waals surface area contributed by atoms with Gasteiger partial charge >= 0.3 is 0 Å². The zero-order valence-corrected chi connectivity index (χ0v) is 11.1. The SMILES string of the molecule is CCc1cc(NC(=O)C2CNc3ccccc3O2)n[nH]1. The lowest BCUT2D eigenvalue weighted by atomic mass is 10.2. The molecule has 0 saturated heterocycles. The minimum Gasteiger partial charge on any atom is -0.477 e. The minimum atomic E-state index is -0.563. The van der Waals surface area contributed by atoms with Gasteiger partial charge in [-0.2, -0.15) is 5.10 Å². The molecule has 1 unspecified atom stereocenters. The number of benzene rings is 1. The highest BCUT2D eigenvalue weighted by molar-refractivity contribution is 5.94.